The van der Waals surface area contributed by atoms with Crippen LogP contribution < -0.4 is 0 Å². The van der Waals surface area contributed by atoms with E-state index in [0.717, 1.165) is 25.7 Å². The summed E-state index contributed by atoms with van der Waals surface area (Å²) in [5.74, 6) is 2.69. The van der Waals surface area contributed by atoms with Crippen LogP contribution in [0.15, 0.2) is 84.2 Å². The molecule has 5 aliphatic rings. The van der Waals surface area contributed by atoms with Gasteiger partial charge in [0.1, 0.15) is 11.9 Å². The van der Waals surface area contributed by atoms with E-state index in [1.54, 1.807) is 11.1 Å². The van der Waals surface area contributed by atoms with Crippen molar-refractivity contribution in [2.75, 3.05) is 0 Å². The maximum absolute atomic E-state index is 6.73. The number of fused-ring (bicyclic) bond motifs is 12. The molecular formula is C31H29NO. The van der Waals surface area contributed by atoms with Gasteiger partial charge < -0.3 is 9.72 Å². The van der Waals surface area contributed by atoms with E-state index in [-0.39, 0.29) is 11.5 Å². The van der Waals surface area contributed by atoms with Gasteiger partial charge in [-0.25, -0.2) is 0 Å². The number of hydrogen-bond donors (Lipinski definition) is 1. The average Bonchev–Trinajstić information content (AvgIpc) is 3.37. The number of nitrogens with one attached hydrogen (secondary N) is 1. The van der Waals surface area contributed by atoms with E-state index in [2.05, 4.69) is 77.8 Å². The van der Waals surface area contributed by atoms with Crippen LogP contribution in [0.3, 0.4) is 0 Å². The molecule has 0 bridgehead atoms. The fourth-order valence-electron chi connectivity index (χ4n) is 8.05. The fraction of sp³-hybridized carbons (Fsp3) is 0.355. The largest absolute Gasteiger partial charge is 0.490 e. The van der Waals surface area contributed by atoms with Crippen molar-refractivity contribution in [1.29, 1.82) is 0 Å². The van der Waals surface area contributed by atoms with Crippen molar-refractivity contribution in [3.05, 3.63) is 95.3 Å². The molecule has 33 heavy (non-hydrogen) atoms. The molecule has 3 aromatic rings. The highest BCUT2D eigenvalue weighted by molar-refractivity contribution is 6.08. The smallest absolute Gasteiger partial charge is 0.119 e. The zero-order valence-corrected chi connectivity index (χ0v) is 18.9. The summed E-state index contributed by atoms with van der Waals surface area (Å²) in [7, 11) is 0. The molecule has 164 valence electrons. The quantitative estimate of drug-likeness (QED) is 0.364. The second-order valence-corrected chi connectivity index (χ2v) is 10.6. The second kappa shape index (κ2) is 6.53. The first-order valence-corrected chi connectivity index (χ1v) is 12.8. The lowest BCUT2D eigenvalue weighted by atomic mass is 9.54. The molecule has 4 aliphatic carbocycles. The van der Waals surface area contributed by atoms with Crippen LogP contribution in [0.4, 0.5) is 0 Å². The van der Waals surface area contributed by atoms with Gasteiger partial charge in [-0.3, -0.25) is 0 Å². The Morgan fingerprint density at radius 3 is 2.73 bits per heavy atom. The van der Waals surface area contributed by atoms with Gasteiger partial charge in [0.25, 0.3) is 0 Å². The summed E-state index contributed by atoms with van der Waals surface area (Å²) in [4.78, 5) is 3.75. The first kappa shape index (κ1) is 18.4. The van der Waals surface area contributed by atoms with Gasteiger partial charge in [-0.2, -0.15) is 0 Å². The predicted octanol–water partition coefficient (Wildman–Crippen LogP) is 7.59. The van der Waals surface area contributed by atoms with Crippen molar-refractivity contribution in [3.63, 3.8) is 0 Å². The van der Waals surface area contributed by atoms with Crippen LogP contribution in [0.5, 0.6) is 0 Å². The lowest BCUT2D eigenvalue weighted by Gasteiger charge is -2.54. The molecule has 8 rings (SSSR count). The summed E-state index contributed by atoms with van der Waals surface area (Å²) in [5, 5.41) is 2.71. The minimum absolute atomic E-state index is 0.0162. The van der Waals surface area contributed by atoms with E-state index >= 15 is 0 Å². The molecule has 1 N–H and O–H groups in total. The van der Waals surface area contributed by atoms with Crippen LogP contribution in [-0.4, -0.2) is 11.1 Å². The van der Waals surface area contributed by atoms with E-state index in [0.29, 0.717) is 17.8 Å². The molecule has 5 atom stereocenters. The zero-order chi connectivity index (χ0) is 21.6. The number of aromatic nitrogens is 1. The van der Waals surface area contributed by atoms with Crippen molar-refractivity contribution in [3.8, 4) is 0 Å². The molecule has 1 aliphatic heterocycles. The van der Waals surface area contributed by atoms with Crippen molar-refractivity contribution < 1.29 is 4.74 Å². The molecule has 2 nitrogen and oxygen atoms in total. The van der Waals surface area contributed by atoms with Crippen LogP contribution in [-0.2, 0) is 10.2 Å². The summed E-state index contributed by atoms with van der Waals surface area (Å²) in [6.45, 7) is 0. The van der Waals surface area contributed by atoms with Gasteiger partial charge in [-0.1, -0.05) is 48.6 Å². The number of rotatable bonds is 0. The molecular weight excluding hydrogens is 402 g/mol. The summed E-state index contributed by atoms with van der Waals surface area (Å²) in [6.07, 6.45) is 22.1. The van der Waals surface area contributed by atoms with Gasteiger partial charge in [-0.05, 0) is 79.8 Å². The predicted molar refractivity (Wildman–Crippen MR) is 134 cm³/mol. The minimum atomic E-state index is 0.0162. The van der Waals surface area contributed by atoms with Crippen LogP contribution in [0.2, 0.25) is 0 Å². The molecule has 0 amide bonds. The first-order valence-electron chi connectivity index (χ1n) is 12.8. The van der Waals surface area contributed by atoms with E-state index in [1.165, 1.54) is 46.0 Å². The Kier molecular flexibility index (Phi) is 3.65. The lowest BCUT2D eigenvalue weighted by molar-refractivity contribution is -0.00278. The van der Waals surface area contributed by atoms with E-state index in [9.17, 15) is 0 Å². The van der Waals surface area contributed by atoms with Crippen molar-refractivity contribution in [1.82, 2.24) is 4.98 Å². The number of hydrogen-bond acceptors (Lipinski definition) is 1. The third-order valence-electron chi connectivity index (χ3n) is 9.21. The molecule has 1 spiro atoms. The number of H-pyrrole nitrogens is 1. The SMILES string of the molecule is C1=CC2C(CC1)OC1=CCCC=C1C21c2cc3[nH]c4ccccc4c3cc2C2C=CCCC21. The Hall–Kier alpha value is -3.00. The van der Waals surface area contributed by atoms with Gasteiger partial charge in [0.2, 0.25) is 0 Å². The molecule has 0 radical (unpaired) electrons. The van der Waals surface area contributed by atoms with Gasteiger partial charge in [0, 0.05) is 44.6 Å². The number of para-hydroxylation sites is 1. The normalized spacial score (nSPS) is 33.8. The second-order valence-electron chi connectivity index (χ2n) is 10.6. The maximum Gasteiger partial charge on any atom is 0.119 e. The van der Waals surface area contributed by atoms with Crippen LogP contribution >= 0.6 is 0 Å². The summed E-state index contributed by atoms with van der Waals surface area (Å²) in [5.41, 5.74) is 7.14. The maximum atomic E-state index is 6.73. The standard InChI is InChI=1S/C31H29NO/c1-3-11-23-19(9-1)21-17-22-20-10-2-6-14-27(20)32-28(22)18-26(21)31(23)24-12-4-7-15-29(24)33-30-16-8-5-13-25(30)31/h1-2,4,6,9-10,12-14,16-19,23-24,29,32H,3,5,7-8,11,15H2. The summed E-state index contributed by atoms with van der Waals surface area (Å²) in [6, 6.07) is 13.8. The topological polar surface area (TPSA) is 25.0 Å². The van der Waals surface area contributed by atoms with Gasteiger partial charge in [0.15, 0.2) is 0 Å². The van der Waals surface area contributed by atoms with E-state index < -0.39 is 0 Å². The monoisotopic (exact) mass is 431 g/mol. The molecule has 2 heterocycles. The Balaban J connectivity index is 1.49. The van der Waals surface area contributed by atoms with Gasteiger partial charge in [0.05, 0.1) is 0 Å². The molecule has 5 unspecified atom stereocenters. The fourth-order valence-corrected chi connectivity index (χ4v) is 8.05. The third kappa shape index (κ3) is 2.25. The molecule has 1 saturated heterocycles. The number of benzene rings is 2. The Labute approximate surface area is 194 Å². The van der Waals surface area contributed by atoms with Crippen molar-refractivity contribution >= 4 is 21.8 Å². The number of aromatic amines is 1. The van der Waals surface area contributed by atoms with E-state index in [4.69, 9.17) is 4.74 Å². The van der Waals surface area contributed by atoms with Crippen LogP contribution in [0.1, 0.15) is 55.6 Å². The molecule has 0 saturated carbocycles. The lowest BCUT2D eigenvalue weighted by Crippen LogP contribution is -2.52. The highest BCUT2D eigenvalue weighted by Gasteiger charge is 2.62. The Bertz CT molecular complexity index is 1430. The molecule has 2 heteroatoms. The highest BCUT2D eigenvalue weighted by atomic mass is 16.5. The average molecular weight is 432 g/mol. The first-order chi connectivity index (χ1) is 16.4. The van der Waals surface area contributed by atoms with E-state index in [1.807, 2.05) is 0 Å². The summed E-state index contributed by atoms with van der Waals surface area (Å²) < 4.78 is 6.73. The van der Waals surface area contributed by atoms with Gasteiger partial charge in [-0.15, -0.1) is 0 Å². The minimum Gasteiger partial charge on any atom is -0.490 e. The Morgan fingerprint density at radius 1 is 0.848 bits per heavy atom. The van der Waals surface area contributed by atoms with Crippen LogP contribution in [0.25, 0.3) is 21.8 Å². The number of allylic oxidation sites excluding steroid dienone is 6. The van der Waals surface area contributed by atoms with Crippen molar-refractivity contribution in [2.45, 2.75) is 56.0 Å². The van der Waals surface area contributed by atoms with Crippen molar-refractivity contribution in [2.24, 2.45) is 11.8 Å². The molecule has 1 aromatic heterocycles. The van der Waals surface area contributed by atoms with Crippen LogP contribution in [0, 0.1) is 11.8 Å². The third-order valence-corrected chi connectivity index (χ3v) is 9.21. The zero-order valence-electron chi connectivity index (χ0n) is 18.9. The molecule has 2 aromatic carbocycles. The van der Waals surface area contributed by atoms with Gasteiger partial charge >= 0.3 is 0 Å². The molecule has 1 fully saturated rings. The summed E-state index contributed by atoms with van der Waals surface area (Å²) >= 11 is 0. The Morgan fingerprint density at radius 2 is 1.73 bits per heavy atom. The number of ether oxygens (including phenoxy) is 1. The highest BCUT2D eigenvalue weighted by Crippen LogP contribution is 2.66.